The number of hydrogen-bond acceptors (Lipinski definition) is 6. The van der Waals surface area contributed by atoms with Crippen LogP contribution in [-0.2, 0) is 11.3 Å². The van der Waals surface area contributed by atoms with Crippen LogP contribution in [0.15, 0.2) is 89.7 Å². The van der Waals surface area contributed by atoms with E-state index >= 15 is 0 Å². The summed E-state index contributed by atoms with van der Waals surface area (Å²) in [6.45, 7) is 9.13. The zero-order valence-electron chi connectivity index (χ0n) is 27.9. The van der Waals surface area contributed by atoms with Crippen molar-refractivity contribution in [1.82, 2.24) is 24.3 Å². The molecule has 4 aromatic rings. The lowest BCUT2D eigenvalue weighted by Gasteiger charge is -2.29. The molecule has 10 nitrogen and oxygen atoms in total. The highest BCUT2D eigenvalue weighted by atomic mass is 16.5. The topological polar surface area (TPSA) is 92.1 Å². The Labute approximate surface area is 282 Å². The van der Waals surface area contributed by atoms with E-state index in [4.69, 9.17) is 4.74 Å². The van der Waals surface area contributed by atoms with Gasteiger partial charge in [0.25, 0.3) is 11.8 Å². The maximum absolute atomic E-state index is 14.2. The van der Waals surface area contributed by atoms with Crippen LogP contribution in [0.4, 0.5) is 5.69 Å². The molecule has 1 N–H and O–H groups in total. The number of rotatable bonds is 6. The van der Waals surface area contributed by atoms with Crippen molar-refractivity contribution in [2.75, 3.05) is 70.5 Å². The molecular weight excluding hydrogens is 604 g/mol. The maximum Gasteiger partial charge on any atom is 0.333 e. The Bertz CT molecular complexity index is 1700. The molecule has 2 amide bonds. The molecule has 0 unspecified atom stereocenters. The monoisotopic (exact) mass is 650 g/mol. The fourth-order valence-electron chi connectivity index (χ4n) is 6.70. The van der Waals surface area contributed by atoms with Gasteiger partial charge in [0, 0.05) is 63.6 Å². The predicted octanol–water partition coefficient (Wildman–Crippen LogP) is 4.19. The fraction of sp³-hybridized carbons (Fsp3) is 0.395. The molecule has 7 rings (SSSR count). The van der Waals surface area contributed by atoms with Gasteiger partial charge in [-0.15, -0.1) is 0 Å². The number of carbonyl (C=O) groups is 2. The first-order valence-corrected chi connectivity index (χ1v) is 17.1. The summed E-state index contributed by atoms with van der Waals surface area (Å²) in [5.41, 5.74) is 3.92. The van der Waals surface area contributed by atoms with Gasteiger partial charge in [-0.25, -0.2) is 4.79 Å². The number of nitrogens with zero attached hydrogens (tertiary/aromatic N) is 5. The number of carbonyl (C=O) groups excluding carboxylic acids is 2. The Balaban J connectivity index is 0.000000604. The molecular formula is C38H46N6O4. The molecule has 0 atom stereocenters. The van der Waals surface area contributed by atoms with E-state index in [0.29, 0.717) is 43.3 Å². The van der Waals surface area contributed by atoms with Crippen LogP contribution in [0.25, 0.3) is 5.69 Å². The molecule has 0 spiro atoms. The Kier molecular flexibility index (Phi) is 11.0. The zero-order valence-corrected chi connectivity index (χ0v) is 27.9. The molecule has 3 aliphatic heterocycles. The Morgan fingerprint density at radius 1 is 0.708 bits per heavy atom. The summed E-state index contributed by atoms with van der Waals surface area (Å²) in [5.74, 6) is -0.121. The van der Waals surface area contributed by atoms with Crippen LogP contribution in [0.3, 0.4) is 0 Å². The summed E-state index contributed by atoms with van der Waals surface area (Å²) in [6, 6.07) is 27.4. The SMILES string of the molecule is Cc1c(C(=O)N2CCNCC2)n(Cc2cccc(C(=O)N3CCCCC3)c2)c(=O)n1-c1cccc(N2CCOCC2)c1.c1ccccc1. The highest BCUT2D eigenvalue weighted by Crippen LogP contribution is 2.23. The summed E-state index contributed by atoms with van der Waals surface area (Å²) < 4.78 is 8.76. The van der Waals surface area contributed by atoms with Gasteiger partial charge in [0.05, 0.1) is 31.1 Å². The molecule has 252 valence electrons. The largest absolute Gasteiger partial charge is 0.378 e. The number of amides is 2. The van der Waals surface area contributed by atoms with Crippen LogP contribution in [0.2, 0.25) is 0 Å². The molecule has 3 fully saturated rings. The fourth-order valence-corrected chi connectivity index (χ4v) is 6.70. The molecule has 0 bridgehead atoms. The number of aromatic nitrogens is 2. The van der Waals surface area contributed by atoms with Gasteiger partial charge in [-0.1, -0.05) is 54.6 Å². The van der Waals surface area contributed by atoms with Gasteiger partial charge < -0.3 is 24.8 Å². The zero-order chi connectivity index (χ0) is 33.3. The van der Waals surface area contributed by atoms with E-state index in [1.807, 2.05) is 102 Å². The molecule has 0 saturated carbocycles. The molecule has 3 aliphatic rings. The van der Waals surface area contributed by atoms with E-state index < -0.39 is 0 Å². The van der Waals surface area contributed by atoms with E-state index in [9.17, 15) is 14.4 Å². The first-order chi connectivity index (χ1) is 23.5. The molecule has 0 aliphatic carbocycles. The number of morpholine rings is 1. The van der Waals surface area contributed by atoms with Crippen LogP contribution in [0, 0.1) is 6.92 Å². The van der Waals surface area contributed by atoms with Gasteiger partial charge in [0.2, 0.25) is 0 Å². The van der Waals surface area contributed by atoms with Crippen molar-refractivity contribution >= 4 is 17.5 Å². The second-order valence-corrected chi connectivity index (χ2v) is 12.5. The van der Waals surface area contributed by atoms with E-state index in [1.54, 1.807) is 9.13 Å². The summed E-state index contributed by atoms with van der Waals surface area (Å²) in [5, 5.41) is 3.30. The van der Waals surface area contributed by atoms with Crippen LogP contribution < -0.4 is 15.9 Å². The number of anilines is 1. The Morgan fingerprint density at radius 3 is 2.02 bits per heavy atom. The van der Waals surface area contributed by atoms with E-state index in [2.05, 4.69) is 10.2 Å². The van der Waals surface area contributed by atoms with Gasteiger partial charge in [0.15, 0.2) is 0 Å². The number of piperidine rings is 1. The minimum atomic E-state index is -0.266. The highest BCUT2D eigenvalue weighted by molar-refractivity contribution is 5.95. The second-order valence-electron chi connectivity index (χ2n) is 12.5. The first kappa shape index (κ1) is 33.2. The first-order valence-electron chi connectivity index (χ1n) is 17.1. The van der Waals surface area contributed by atoms with Crippen molar-refractivity contribution in [2.24, 2.45) is 0 Å². The predicted molar refractivity (Wildman–Crippen MR) is 188 cm³/mol. The van der Waals surface area contributed by atoms with Crippen molar-refractivity contribution in [3.63, 3.8) is 0 Å². The molecule has 4 heterocycles. The standard InChI is InChI=1S/C32H40N6O4.C6H6/c1-24-29(31(40)36-15-11-33-12-16-36)37(23-25-7-5-8-26(21-25)30(39)35-13-3-2-4-14-35)32(41)38(24)28-10-6-9-27(22-28)34-17-19-42-20-18-34;1-2-4-6-5-3-1/h5-10,21-22,33H,2-4,11-20,23H2,1H3;1-6H. The molecule has 48 heavy (non-hydrogen) atoms. The quantitative estimate of drug-likeness (QED) is 0.337. The van der Waals surface area contributed by atoms with E-state index in [0.717, 1.165) is 75.5 Å². The van der Waals surface area contributed by atoms with Crippen LogP contribution in [0.1, 0.15) is 51.4 Å². The van der Waals surface area contributed by atoms with Crippen molar-refractivity contribution < 1.29 is 14.3 Å². The molecule has 3 aromatic carbocycles. The molecule has 0 radical (unpaired) electrons. The summed E-state index contributed by atoms with van der Waals surface area (Å²) in [7, 11) is 0. The van der Waals surface area contributed by atoms with Crippen molar-refractivity contribution in [2.45, 2.75) is 32.7 Å². The smallest absolute Gasteiger partial charge is 0.333 e. The third kappa shape index (κ3) is 7.72. The van der Waals surface area contributed by atoms with Gasteiger partial charge in [-0.05, 0) is 62.1 Å². The Morgan fingerprint density at radius 2 is 1.33 bits per heavy atom. The van der Waals surface area contributed by atoms with Gasteiger partial charge in [-0.3, -0.25) is 18.7 Å². The van der Waals surface area contributed by atoms with Crippen molar-refractivity contribution in [1.29, 1.82) is 0 Å². The van der Waals surface area contributed by atoms with E-state index in [1.165, 1.54) is 0 Å². The lowest BCUT2D eigenvalue weighted by Crippen LogP contribution is -2.47. The van der Waals surface area contributed by atoms with Gasteiger partial charge in [0.1, 0.15) is 5.69 Å². The minimum absolute atomic E-state index is 0.0229. The summed E-state index contributed by atoms with van der Waals surface area (Å²) in [4.78, 5) is 47.4. The lowest BCUT2D eigenvalue weighted by molar-refractivity contribution is 0.0716. The van der Waals surface area contributed by atoms with Crippen molar-refractivity contribution in [3.05, 3.63) is 118 Å². The number of hydrogen-bond donors (Lipinski definition) is 1. The summed E-state index contributed by atoms with van der Waals surface area (Å²) in [6.07, 6.45) is 3.21. The number of benzene rings is 3. The number of ether oxygens (including phenoxy) is 1. The second kappa shape index (κ2) is 16.0. The number of nitrogens with one attached hydrogen (secondary N) is 1. The lowest BCUT2D eigenvalue weighted by atomic mass is 10.1. The third-order valence-electron chi connectivity index (χ3n) is 9.27. The molecule has 1 aromatic heterocycles. The molecule has 3 saturated heterocycles. The molecule has 10 heteroatoms. The van der Waals surface area contributed by atoms with Crippen LogP contribution >= 0.6 is 0 Å². The number of piperazine rings is 1. The van der Waals surface area contributed by atoms with E-state index in [-0.39, 0.29) is 24.0 Å². The third-order valence-corrected chi connectivity index (χ3v) is 9.27. The normalized spacial score (nSPS) is 16.6. The minimum Gasteiger partial charge on any atom is -0.378 e. The number of likely N-dealkylation sites (tertiary alicyclic amines) is 1. The van der Waals surface area contributed by atoms with Crippen LogP contribution in [-0.4, -0.2) is 96.3 Å². The maximum atomic E-state index is 14.2. The van der Waals surface area contributed by atoms with Gasteiger partial charge in [-0.2, -0.15) is 0 Å². The summed E-state index contributed by atoms with van der Waals surface area (Å²) >= 11 is 0. The Hall–Kier alpha value is -4.67. The van der Waals surface area contributed by atoms with Gasteiger partial charge >= 0.3 is 5.69 Å². The average Bonchev–Trinajstić information content (AvgIpc) is 3.41. The average molecular weight is 651 g/mol. The van der Waals surface area contributed by atoms with Crippen molar-refractivity contribution in [3.8, 4) is 5.69 Å². The number of imidazole rings is 1. The highest BCUT2D eigenvalue weighted by Gasteiger charge is 2.29. The van der Waals surface area contributed by atoms with Crippen LogP contribution in [0.5, 0.6) is 0 Å².